The first-order valence-corrected chi connectivity index (χ1v) is 10.0. The second kappa shape index (κ2) is 11.2. The van der Waals surface area contributed by atoms with Gasteiger partial charge in [-0.1, -0.05) is 44.2 Å². The van der Waals surface area contributed by atoms with Crippen LogP contribution in [0.1, 0.15) is 38.3 Å². The molecule has 0 spiro atoms. The Bertz CT molecular complexity index is 792. The smallest absolute Gasteiger partial charge is 0.412 e. The van der Waals surface area contributed by atoms with Crippen molar-refractivity contribution in [2.24, 2.45) is 11.8 Å². The first kappa shape index (κ1) is 22.4. The van der Waals surface area contributed by atoms with Crippen LogP contribution in [0.5, 0.6) is 0 Å². The van der Waals surface area contributed by atoms with Crippen LogP contribution in [0.25, 0.3) is 0 Å². The van der Waals surface area contributed by atoms with Gasteiger partial charge in [-0.3, -0.25) is 4.79 Å². The largest absolute Gasteiger partial charge is 0.481 e. The highest BCUT2D eigenvalue weighted by Gasteiger charge is 2.21. The molecule has 29 heavy (non-hydrogen) atoms. The van der Waals surface area contributed by atoms with Gasteiger partial charge in [0.1, 0.15) is 0 Å². The fourth-order valence-electron chi connectivity index (χ4n) is 3.26. The zero-order chi connectivity index (χ0) is 21.2. The molecule has 1 aromatic carbocycles. The van der Waals surface area contributed by atoms with Crippen LogP contribution in [-0.2, 0) is 29.1 Å². The Morgan fingerprint density at radius 2 is 1.76 bits per heavy atom. The van der Waals surface area contributed by atoms with Crippen molar-refractivity contribution in [2.75, 3.05) is 0 Å². The number of amides is 1. The SMILES string of the molecule is CC(C)[C@H](CCc1ccc[n+](COC(=O)N[C@@H](C)Cc2ccccc2)c1)C(=O)O. The zero-order valence-corrected chi connectivity index (χ0v) is 17.4. The zero-order valence-electron chi connectivity index (χ0n) is 17.4. The molecule has 6 nitrogen and oxygen atoms in total. The number of aryl methyl sites for hydroxylation is 1. The number of carboxylic acids is 1. The third kappa shape index (κ3) is 7.94. The number of carboxylic acid groups (broad SMARTS) is 1. The number of alkyl carbamates (subject to hydrolysis) is 1. The van der Waals surface area contributed by atoms with E-state index in [1.54, 1.807) is 4.57 Å². The normalized spacial score (nSPS) is 13.0. The number of ether oxygens (including phenoxy) is 1. The lowest BCUT2D eigenvalue weighted by Crippen LogP contribution is -2.40. The van der Waals surface area contributed by atoms with Gasteiger partial charge in [-0.25, -0.2) is 4.79 Å². The molecule has 0 fully saturated rings. The van der Waals surface area contributed by atoms with Crippen LogP contribution < -0.4 is 9.88 Å². The van der Waals surface area contributed by atoms with E-state index < -0.39 is 12.1 Å². The fourth-order valence-corrected chi connectivity index (χ4v) is 3.26. The molecule has 0 radical (unpaired) electrons. The minimum atomic E-state index is -0.756. The summed E-state index contributed by atoms with van der Waals surface area (Å²) in [4.78, 5) is 23.4. The highest BCUT2D eigenvalue weighted by molar-refractivity contribution is 5.70. The Labute approximate surface area is 172 Å². The van der Waals surface area contributed by atoms with Crippen molar-refractivity contribution in [2.45, 2.75) is 52.8 Å². The summed E-state index contributed by atoms with van der Waals surface area (Å²) in [6.07, 6.45) is 5.23. The molecular formula is C23H31N2O4+. The van der Waals surface area contributed by atoms with E-state index in [2.05, 4.69) is 5.32 Å². The summed E-state index contributed by atoms with van der Waals surface area (Å²) >= 11 is 0. The number of rotatable bonds is 10. The lowest BCUT2D eigenvalue weighted by molar-refractivity contribution is -0.727. The van der Waals surface area contributed by atoms with E-state index in [1.807, 2.05) is 75.6 Å². The molecule has 0 unspecified atom stereocenters. The molecule has 0 aliphatic rings. The van der Waals surface area contributed by atoms with Crippen molar-refractivity contribution in [3.8, 4) is 0 Å². The summed E-state index contributed by atoms with van der Waals surface area (Å²) in [5, 5.41) is 12.2. The molecule has 0 aliphatic heterocycles. The van der Waals surface area contributed by atoms with E-state index in [0.29, 0.717) is 12.8 Å². The minimum Gasteiger partial charge on any atom is -0.481 e. The Morgan fingerprint density at radius 3 is 2.41 bits per heavy atom. The molecule has 2 rings (SSSR count). The lowest BCUT2D eigenvalue weighted by Gasteiger charge is -2.15. The van der Waals surface area contributed by atoms with Crippen LogP contribution in [0.15, 0.2) is 54.9 Å². The topological polar surface area (TPSA) is 79.5 Å². The lowest BCUT2D eigenvalue weighted by atomic mass is 9.90. The summed E-state index contributed by atoms with van der Waals surface area (Å²) < 4.78 is 7.09. The molecule has 156 valence electrons. The molecule has 0 saturated carbocycles. The van der Waals surface area contributed by atoms with Gasteiger partial charge in [-0.05, 0) is 43.7 Å². The Hall–Kier alpha value is -2.89. The molecule has 1 aromatic heterocycles. The predicted molar refractivity (Wildman–Crippen MR) is 110 cm³/mol. The van der Waals surface area contributed by atoms with Gasteiger partial charge >= 0.3 is 12.1 Å². The molecule has 0 bridgehead atoms. The average molecular weight is 400 g/mol. The highest BCUT2D eigenvalue weighted by atomic mass is 16.6. The van der Waals surface area contributed by atoms with Gasteiger partial charge in [0.2, 0.25) is 0 Å². The molecule has 6 heteroatoms. The van der Waals surface area contributed by atoms with Gasteiger partial charge in [-0.15, -0.1) is 0 Å². The standard InChI is InChI=1S/C23H30N2O4/c1-17(2)21(22(26)27)12-11-20-10-7-13-25(15-20)16-29-23(28)24-18(3)14-19-8-5-4-6-9-19/h4-10,13,15,17-18,21H,11-12,14,16H2,1-3H3,(H-,24,26,27,28)/p+1/t18-,21-/m0/s1. The van der Waals surface area contributed by atoms with Crippen molar-refractivity contribution in [3.63, 3.8) is 0 Å². The molecule has 0 saturated heterocycles. The van der Waals surface area contributed by atoms with Crippen LogP contribution in [0.2, 0.25) is 0 Å². The number of benzene rings is 1. The average Bonchev–Trinajstić information content (AvgIpc) is 2.67. The molecule has 0 aliphatic carbocycles. The van der Waals surface area contributed by atoms with Crippen LogP contribution >= 0.6 is 0 Å². The maximum absolute atomic E-state index is 12.1. The van der Waals surface area contributed by atoms with Crippen LogP contribution in [0.4, 0.5) is 4.79 Å². The van der Waals surface area contributed by atoms with E-state index in [0.717, 1.165) is 17.5 Å². The van der Waals surface area contributed by atoms with Crippen LogP contribution in [-0.4, -0.2) is 23.2 Å². The Kier molecular flexibility index (Phi) is 8.65. The first-order chi connectivity index (χ1) is 13.8. The van der Waals surface area contributed by atoms with E-state index in [9.17, 15) is 14.7 Å². The van der Waals surface area contributed by atoms with Crippen LogP contribution in [0, 0.1) is 11.8 Å². The minimum absolute atomic E-state index is 0.0368. The van der Waals surface area contributed by atoms with Gasteiger partial charge in [0.05, 0.1) is 5.92 Å². The van der Waals surface area contributed by atoms with Crippen molar-refractivity contribution in [1.29, 1.82) is 0 Å². The summed E-state index contributed by atoms with van der Waals surface area (Å²) in [6.45, 7) is 5.89. The van der Waals surface area contributed by atoms with Crippen molar-refractivity contribution < 1.29 is 24.0 Å². The number of carbonyl (C=O) groups is 2. The third-order valence-corrected chi connectivity index (χ3v) is 4.88. The number of aromatic nitrogens is 1. The number of nitrogens with one attached hydrogen (secondary N) is 1. The fraction of sp³-hybridized carbons (Fsp3) is 0.435. The molecule has 2 aromatic rings. The van der Waals surface area contributed by atoms with E-state index in [1.165, 1.54) is 0 Å². The Morgan fingerprint density at radius 1 is 1.07 bits per heavy atom. The quantitative estimate of drug-likeness (QED) is 0.599. The van der Waals surface area contributed by atoms with Crippen molar-refractivity contribution in [3.05, 3.63) is 66.0 Å². The predicted octanol–water partition coefficient (Wildman–Crippen LogP) is 3.58. The number of hydrogen-bond acceptors (Lipinski definition) is 3. The number of nitrogens with zero attached hydrogens (tertiary/aromatic N) is 1. The second-order valence-corrected chi connectivity index (χ2v) is 7.75. The highest BCUT2D eigenvalue weighted by Crippen LogP contribution is 2.18. The molecule has 2 N–H and O–H groups in total. The molecule has 1 heterocycles. The van der Waals surface area contributed by atoms with Crippen molar-refractivity contribution in [1.82, 2.24) is 5.32 Å². The second-order valence-electron chi connectivity index (χ2n) is 7.75. The molecule has 2 atom stereocenters. The number of aliphatic carboxylic acids is 1. The first-order valence-electron chi connectivity index (χ1n) is 10.0. The van der Waals surface area contributed by atoms with Gasteiger partial charge < -0.3 is 15.2 Å². The summed E-state index contributed by atoms with van der Waals surface area (Å²) in [7, 11) is 0. The maximum atomic E-state index is 12.1. The van der Waals surface area contributed by atoms with Gasteiger partial charge in [-0.2, -0.15) is 4.57 Å². The summed E-state index contributed by atoms with van der Waals surface area (Å²) in [5.74, 6) is -1.03. The van der Waals surface area contributed by atoms with Gasteiger partial charge in [0.25, 0.3) is 6.73 Å². The molecular weight excluding hydrogens is 368 g/mol. The summed E-state index contributed by atoms with van der Waals surface area (Å²) in [6, 6.07) is 13.8. The van der Waals surface area contributed by atoms with Crippen LogP contribution in [0.3, 0.4) is 0 Å². The van der Waals surface area contributed by atoms with E-state index in [-0.39, 0.29) is 24.6 Å². The van der Waals surface area contributed by atoms with Gasteiger partial charge in [0, 0.05) is 17.7 Å². The van der Waals surface area contributed by atoms with Gasteiger partial charge in [0.15, 0.2) is 12.4 Å². The third-order valence-electron chi connectivity index (χ3n) is 4.88. The summed E-state index contributed by atoms with van der Waals surface area (Å²) in [5.41, 5.74) is 2.17. The number of carbonyl (C=O) groups excluding carboxylic acids is 1. The number of hydrogen-bond donors (Lipinski definition) is 2. The van der Waals surface area contributed by atoms with E-state index >= 15 is 0 Å². The van der Waals surface area contributed by atoms with Crippen molar-refractivity contribution >= 4 is 12.1 Å². The molecule has 1 amide bonds. The van der Waals surface area contributed by atoms with E-state index in [4.69, 9.17) is 4.74 Å². The number of pyridine rings is 1. The maximum Gasteiger partial charge on any atom is 0.412 e. The monoisotopic (exact) mass is 399 g/mol. The Balaban J connectivity index is 1.80.